The Balaban J connectivity index is 2.35. The number of hydrogen-bond donors (Lipinski definition) is 2. The van der Waals surface area contributed by atoms with Crippen LogP contribution in [-0.4, -0.2) is 16.7 Å². The summed E-state index contributed by atoms with van der Waals surface area (Å²) in [6.07, 6.45) is -0.263. The largest absolute Gasteiger partial charge is 0.371 e. The summed E-state index contributed by atoms with van der Waals surface area (Å²) < 4.78 is 0. The molecule has 1 aromatic rings. The lowest BCUT2D eigenvalue weighted by molar-refractivity contribution is -0.128. The topological polar surface area (TPSA) is 121 Å². The van der Waals surface area contributed by atoms with E-state index < -0.39 is 34.3 Å². The van der Waals surface area contributed by atoms with Gasteiger partial charge in [-0.05, 0) is 5.56 Å². The quantitative estimate of drug-likeness (QED) is 0.806. The monoisotopic (exact) mass is 306 g/mol. The van der Waals surface area contributed by atoms with Crippen LogP contribution in [-0.2, 0) is 4.79 Å². The van der Waals surface area contributed by atoms with Crippen molar-refractivity contribution in [3.63, 3.8) is 0 Å². The predicted octanol–water partition coefficient (Wildman–Crippen LogP) is 1.17. The van der Waals surface area contributed by atoms with Crippen molar-refractivity contribution in [3.05, 3.63) is 35.9 Å². The summed E-state index contributed by atoms with van der Waals surface area (Å²) in [6.45, 7) is 1.69. The number of benzene rings is 1. The summed E-state index contributed by atoms with van der Waals surface area (Å²) >= 11 is 0. The molecule has 1 saturated heterocycles. The molecule has 0 spiro atoms. The summed E-state index contributed by atoms with van der Waals surface area (Å²) in [6, 6.07) is 14.6. The zero-order chi connectivity index (χ0) is 16.9. The Kier molecular flexibility index (Phi) is 2.98. The van der Waals surface area contributed by atoms with Gasteiger partial charge in [-0.1, -0.05) is 37.3 Å². The zero-order valence-electron chi connectivity index (χ0n) is 12.4. The van der Waals surface area contributed by atoms with E-state index in [1.165, 1.54) is 0 Å². The molecule has 1 amide bonds. The minimum absolute atomic E-state index is 0.263. The van der Waals surface area contributed by atoms with Crippen LogP contribution in [0.2, 0.25) is 0 Å². The van der Waals surface area contributed by atoms with Gasteiger partial charge in [-0.2, -0.15) is 15.8 Å². The Labute approximate surface area is 133 Å². The van der Waals surface area contributed by atoms with Crippen molar-refractivity contribution in [1.29, 1.82) is 15.8 Å². The number of rotatable bonds is 1. The first kappa shape index (κ1) is 15.0. The maximum Gasteiger partial charge on any atom is 0.245 e. The second-order valence-corrected chi connectivity index (χ2v) is 6.28. The van der Waals surface area contributed by atoms with Crippen molar-refractivity contribution in [1.82, 2.24) is 5.32 Å². The van der Waals surface area contributed by atoms with E-state index in [2.05, 4.69) is 5.32 Å². The minimum atomic E-state index is -1.89. The number of nitrogens with one attached hydrogen (secondary N) is 1. The second-order valence-electron chi connectivity index (χ2n) is 6.28. The van der Waals surface area contributed by atoms with Gasteiger partial charge >= 0.3 is 0 Å². The van der Waals surface area contributed by atoms with E-state index in [0.29, 0.717) is 5.56 Å². The van der Waals surface area contributed by atoms with Gasteiger partial charge in [-0.25, -0.2) is 0 Å². The van der Waals surface area contributed by atoms with Gasteiger partial charge in [-0.3, -0.25) is 4.79 Å². The van der Waals surface area contributed by atoms with Crippen molar-refractivity contribution >= 4 is 5.91 Å². The Morgan fingerprint density at radius 3 is 2.30 bits per heavy atom. The number of amides is 1. The molecule has 2 fully saturated rings. The van der Waals surface area contributed by atoms with Crippen LogP contribution in [0.15, 0.2) is 30.3 Å². The molecule has 2 N–H and O–H groups in total. The Hall–Kier alpha value is -2.88. The van der Waals surface area contributed by atoms with Crippen LogP contribution in [0.1, 0.15) is 24.8 Å². The first-order chi connectivity index (χ1) is 10.9. The summed E-state index contributed by atoms with van der Waals surface area (Å²) in [4.78, 5) is 12.5. The van der Waals surface area contributed by atoms with E-state index in [4.69, 9.17) is 0 Å². The second kappa shape index (κ2) is 4.56. The molecule has 1 aromatic carbocycles. The fourth-order valence-electron chi connectivity index (χ4n) is 4.07. The number of carbonyl (C=O) groups is 1. The minimum Gasteiger partial charge on any atom is -0.371 e. The highest BCUT2D eigenvalue weighted by Gasteiger charge is 2.76. The number of hydrogen-bond acceptors (Lipinski definition) is 5. The van der Waals surface area contributed by atoms with Gasteiger partial charge in [0.2, 0.25) is 5.91 Å². The standard InChI is InChI=1S/C17H14N4O2/c1-11-13(12-5-3-2-4-6-12)16(9-19,10-20)15(8-18)7-17(11,23)21-14(15)22/h2-6,11,13,23H,7H2,1H3,(H,21,22)/t11-,13-,15+,17-/m1/s1. The molecule has 114 valence electrons. The lowest BCUT2D eigenvalue weighted by Gasteiger charge is -2.48. The maximum absolute atomic E-state index is 12.5. The molecule has 6 heteroatoms. The Morgan fingerprint density at radius 2 is 1.78 bits per heavy atom. The van der Waals surface area contributed by atoms with Gasteiger partial charge in [0, 0.05) is 18.3 Å². The molecule has 2 aliphatic rings. The van der Waals surface area contributed by atoms with Crippen molar-refractivity contribution in [2.45, 2.75) is 25.0 Å². The van der Waals surface area contributed by atoms with E-state index >= 15 is 0 Å². The molecule has 3 rings (SSSR count). The van der Waals surface area contributed by atoms with Crippen LogP contribution in [0.25, 0.3) is 0 Å². The molecule has 0 unspecified atom stereocenters. The first-order valence-electron chi connectivity index (χ1n) is 7.24. The van der Waals surface area contributed by atoms with Crippen molar-refractivity contribution < 1.29 is 9.90 Å². The van der Waals surface area contributed by atoms with Crippen molar-refractivity contribution in [3.8, 4) is 18.2 Å². The number of carbonyl (C=O) groups excluding carboxylic acids is 1. The average molecular weight is 306 g/mol. The predicted molar refractivity (Wildman–Crippen MR) is 77.8 cm³/mol. The zero-order valence-corrected chi connectivity index (χ0v) is 12.4. The van der Waals surface area contributed by atoms with Crippen LogP contribution in [0.5, 0.6) is 0 Å². The normalized spacial score (nSPS) is 37.1. The van der Waals surface area contributed by atoms with E-state index in [1.807, 2.05) is 18.2 Å². The molecule has 0 aromatic heterocycles. The van der Waals surface area contributed by atoms with Gasteiger partial charge in [0.25, 0.3) is 0 Å². The van der Waals surface area contributed by atoms with Gasteiger partial charge in [0.15, 0.2) is 10.8 Å². The smallest absolute Gasteiger partial charge is 0.245 e. The molecule has 1 aliphatic carbocycles. The molecule has 4 atom stereocenters. The summed E-state index contributed by atoms with van der Waals surface area (Å²) in [5.41, 5.74) is -4.71. The third-order valence-electron chi connectivity index (χ3n) is 5.35. The first-order valence-corrected chi connectivity index (χ1v) is 7.24. The van der Waals surface area contributed by atoms with E-state index in [0.717, 1.165) is 0 Å². The van der Waals surface area contributed by atoms with Crippen LogP contribution in [0.3, 0.4) is 0 Å². The van der Waals surface area contributed by atoms with E-state index in [1.54, 1.807) is 37.3 Å². The summed E-state index contributed by atoms with van der Waals surface area (Å²) in [5.74, 6) is -2.12. The fourth-order valence-corrected chi connectivity index (χ4v) is 4.07. The molecule has 0 radical (unpaired) electrons. The number of nitriles is 3. The number of fused-ring (bicyclic) bond motifs is 2. The molecular formula is C17H14N4O2. The van der Waals surface area contributed by atoms with E-state index in [9.17, 15) is 25.7 Å². The maximum atomic E-state index is 12.5. The average Bonchev–Trinajstić information content (AvgIpc) is 2.82. The van der Waals surface area contributed by atoms with Crippen LogP contribution >= 0.6 is 0 Å². The van der Waals surface area contributed by atoms with Crippen LogP contribution < -0.4 is 5.32 Å². The fraction of sp³-hybridized carbons (Fsp3) is 0.412. The lowest BCUT2D eigenvalue weighted by Crippen LogP contribution is -2.56. The summed E-state index contributed by atoms with van der Waals surface area (Å²) in [7, 11) is 0. The van der Waals surface area contributed by atoms with Crippen molar-refractivity contribution in [2.24, 2.45) is 16.7 Å². The Morgan fingerprint density at radius 1 is 1.17 bits per heavy atom. The van der Waals surface area contributed by atoms with E-state index in [-0.39, 0.29) is 6.42 Å². The lowest BCUT2D eigenvalue weighted by atomic mass is 9.49. The number of aliphatic hydroxyl groups is 1. The Bertz CT molecular complexity index is 787. The molecule has 1 saturated carbocycles. The highest BCUT2D eigenvalue weighted by Crippen LogP contribution is 2.64. The summed E-state index contributed by atoms with van der Waals surface area (Å²) in [5, 5.41) is 42.6. The third kappa shape index (κ3) is 1.55. The van der Waals surface area contributed by atoms with Gasteiger partial charge in [0.05, 0.1) is 18.2 Å². The molecular weight excluding hydrogens is 292 g/mol. The van der Waals surface area contributed by atoms with Gasteiger partial charge < -0.3 is 10.4 Å². The van der Waals surface area contributed by atoms with Crippen molar-refractivity contribution in [2.75, 3.05) is 0 Å². The van der Waals surface area contributed by atoms with Gasteiger partial charge in [-0.15, -0.1) is 0 Å². The van der Waals surface area contributed by atoms with Crippen LogP contribution in [0.4, 0.5) is 0 Å². The highest BCUT2D eigenvalue weighted by molar-refractivity contribution is 5.92. The number of nitrogens with zero attached hydrogens (tertiary/aromatic N) is 3. The van der Waals surface area contributed by atoms with Gasteiger partial charge in [0.1, 0.15) is 5.72 Å². The highest BCUT2D eigenvalue weighted by atomic mass is 16.3. The molecule has 1 heterocycles. The third-order valence-corrected chi connectivity index (χ3v) is 5.35. The molecule has 1 aliphatic heterocycles. The molecule has 6 nitrogen and oxygen atoms in total. The SMILES string of the molecule is C[C@@H]1[C@H](c2ccccc2)C(C#N)(C#N)[C@]2(C#N)C[C@]1(O)NC2=O. The molecule has 2 bridgehead atoms. The van der Waals surface area contributed by atoms with Crippen LogP contribution in [0, 0.1) is 50.7 Å². The molecule has 23 heavy (non-hydrogen) atoms.